The van der Waals surface area contributed by atoms with E-state index < -0.39 is 0 Å². The normalized spacial score (nSPS) is 12.4. The van der Waals surface area contributed by atoms with Gasteiger partial charge < -0.3 is 10.1 Å². The average molecular weight is 332 g/mol. The van der Waals surface area contributed by atoms with Gasteiger partial charge in [0.1, 0.15) is 5.75 Å². The van der Waals surface area contributed by atoms with E-state index in [1.807, 2.05) is 17.8 Å². The van der Waals surface area contributed by atoms with Gasteiger partial charge in [0.05, 0.1) is 11.6 Å². The third-order valence-corrected chi connectivity index (χ3v) is 4.40. The first kappa shape index (κ1) is 15.9. The van der Waals surface area contributed by atoms with Crippen molar-refractivity contribution in [3.8, 4) is 5.75 Å². The van der Waals surface area contributed by atoms with E-state index in [0.29, 0.717) is 6.04 Å². The van der Waals surface area contributed by atoms with E-state index in [1.54, 1.807) is 7.11 Å². The standard InChI is InChI=1S/C14H22BrNOS/c1-4-18-9-5-8-16-11(2)12-6-7-14(17-3)13(15)10-12/h6-7,10-11,16H,4-5,8-9H2,1-3H3. The van der Waals surface area contributed by atoms with E-state index in [2.05, 4.69) is 47.2 Å². The second kappa shape index (κ2) is 8.83. The van der Waals surface area contributed by atoms with Gasteiger partial charge in [-0.3, -0.25) is 0 Å². The summed E-state index contributed by atoms with van der Waals surface area (Å²) in [4.78, 5) is 0. The van der Waals surface area contributed by atoms with Crippen molar-refractivity contribution in [3.05, 3.63) is 28.2 Å². The SMILES string of the molecule is CCSCCCNC(C)c1ccc(OC)c(Br)c1. The summed E-state index contributed by atoms with van der Waals surface area (Å²) in [7, 11) is 1.69. The first-order valence-electron chi connectivity index (χ1n) is 6.33. The molecule has 0 saturated heterocycles. The second-order valence-corrected chi connectivity index (χ2v) is 6.37. The van der Waals surface area contributed by atoms with Gasteiger partial charge >= 0.3 is 0 Å². The topological polar surface area (TPSA) is 21.3 Å². The van der Waals surface area contributed by atoms with Gasteiger partial charge in [-0.2, -0.15) is 11.8 Å². The lowest BCUT2D eigenvalue weighted by atomic mass is 10.1. The fraction of sp³-hybridized carbons (Fsp3) is 0.571. The van der Waals surface area contributed by atoms with Crippen LogP contribution in [0.15, 0.2) is 22.7 Å². The minimum Gasteiger partial charge on any atom is -0.496 e. The van der Waals surface area contributed by atoms with Crippen LogP contribution >= 0.6 is 27.7 Å². The molecule has 0 amide bonds. The number of nitrogens with one attached hydrogen (secondary N) is 1. The van der Waals surface area contributed by atoms with E-state index in [4.69, 9.17) is 4.74 Å². The Labute approximate surface area is 123 Å². The fourth-order valence-corrected chi connectivity index (χ4v) is 2.90. The molecule has 0 saturated carbocycles. The molecule has 18 heavy (non-hydrogen) atoms. The number of benzene rings is 1. The molecule has 1 atom stereocenters. The molecular formula is C14H22BrNOS. The Morgan fingerprint density at radius 3 is 2.83 bits per heavy atom. The number of halogens is 1. The van der Waals surface area contributed by atoms with Crippen LogP contribution in [0.3, 0.4) is 0 Å². The Morgan fingerprint density at radius 1 is 1.44 bits per heavy atom. The monoisotopic (exact) mass is 331 g/mol. The van der Waals surface area contributed by atoms with Gasteiger partial charge in [0.15, 0.2) is 0 Å². The molecule has 0 aliphatic heterocycles. The van der Waals surface area contributed by atoms with E-state index in [1.165, 1.54) is 23.5 Å². The average Bonchev–Trinajstić information content (AvgIpc) is 2.38. The predicted molar refractivity (Wildman–Crippen MR) is 84.7 cm³/mol. The summed E-state index contributed by atoms with van der Waals surface area (Å²) >= 11 is 5.52. The van der Waals surface area contributed by atoms with Crippen LogP contribution in [0.5, 0.6) is 5.75 Å². The predicted octanol–water partition coefficient (Wildman–Crippen LogP) is 4.25. The number of ether oxygens (including phenoxy) is 1. The van der Waals surface area contributed by atoms with E-state index >= 15 is 0 Å². The molecule has 0 heterocycles. The number of hydrogen-bond donors (Lipinski definition) is 1. The first-order chi connectivity index (χ1) is 8.69. The smallest absolute Gasteiger partial charge is 0.133 e. The molecule has 1 aromatic rings. The van der Waals surface area contributed by atoms with Crippen molar-refractivity contribution < 1.29 is 4.74 Å². The molecule has 1 N–H and O–H groups in total. The summed E-state index contributed by atoms with van der Waals surface area (Å²) in [6.45, 7) is 5.47. The van der Waals surface area contributed by atoms with Crippen LogP contribution in [0.4, 0.5) is 0 Å². The third kappa shape index (κ3) is 5.21. The number of rotatable bonds is 8. The lowest BCUT2D eigenvalue weighted by molar-refractivity contribution is 0.411. The van der Waals surface area contributed by atoms with Gasteiger partial charge in [-0.1, -0.05) is 13.0 Å². The Kier molecular flexibility index (Phi) is 7.79. The highest BCUT2D eigenvalue weighted by atomic mass is 79.9. The van der Waals surface area contributed by atoms with Crippen LogP contribution < -0.4 is 10.1 Å². The van der Waals surface area contributed by atoms with Gasteiger partial charge in [-0.15, -0.1) is 0 Å². The van der Waals surface area contributed by atoms with Gasteiger partial charge in [-0.25, -0.2) is 0 Å². The maximum atomic E-state index is 5.24. The molecule has 0 radical (unpaired) electrons. The zero-order chi connectivity index (χ0) is 13.4. The van der Waals surface area contributed by atoms with E-state index in [0.717, 1.165) is 16.8 Å². The Hall–Kier alpha value is -0.190. The largest absolute Gasteiger partial charge is 0.496 e. The van der Waals surface area contributed by atoms with Crippen molar-refractivity contribution >= 4 is 27.7 Å². The van der Waals surface area contributed by atoms with Crippen LogP contribution in [-0.4, -0.2) is 25.2 Å². The maximum absolute atomic E-state index is 5.24. The van der Waals surface area contributed by atoms with Crippen molar-refractivity contribution in [2.75, 3.05) is 25.2 Å². The highest BCUT2D eigenvalue weighted by Gasteiger charge is 2.07. The van der Waals surface area contributed by atoms with Crippen LogP contribution in [0, 0.1) is 0 Å². The molecule has 0 spiro atoms. The summed E-state index contributed by atoms with van der Waals surface area (Å²) in [5.41, 5.74) is 1.28. The highest BCUT2D eigenvalue weighted by molar-refractivity contribution is 9.10. The molecule has 2 nitrogen and oxygen atoms in total. The molecule has 1 rings (SSSR count). The van der Waals surface area contributed by atoms with Gasteiger partial charge in [0.25, 0.3) is 0 Å². The fourth-order valence-electron chi connectivity index (χ4n) is 1.71. The summed E-state index contributed by atoms with van der Waals surface area (Å²) in [5, 5.41) is 3.55. The molecule has 0 aromatic heterocycles. The molecule has 0 aliphatic carbocycles. The number of methoxy groups -OCH3 is 1. The van der Waals surface area contributed by atoms with Crippen molar-refractivity contribution in [2.24, 2.45) is 0 Å². The quantitative estimate of drug-likeness (QED) is 0.719. The second-order valence-electron chi connectivity index (χ2n) is 4.12. The summed E-state index contributed by atoms with van der Waals surface area (Å²) in [5.74, 6) is 3.33. The molecule has 1 aromatic carbocycles. The first-order valence-corrected chi connectivity index (χ1v) is 8.28. The zero-order valence-electron chi connectivity index (χ0n) is 11.3. The molecule has 0 bridgehead atoms. The molecule has 102 valence electrons. The van der Waals surface area contributed by atoms with Crippen LogP contribution in [0.1, 0.15) is 31.9 Å². The minimum absolute atomic E-state index is 0.374. The van der Waals surface area contributed by atoms with Gasteiger partial charge in [-0.05, 0) is 65.0 Å². The van der Waals surface area contributed by atoms with Gasteiger partial charge in [0.2, 0.25) is 0 Å². The van der Waals surface area contributed by atoms with Crippen molar-refractivity contribution in [2.45, 2.75) is 26.3 Å². The number of thioether (sulfide) groups is 1. The summed E-state index contributed by atoms with van der Waals surface area (Å²) in [6, 6.07) is 6.61. The third-order valence-electron chi connectivity index (χ3n) is 2.80. The summed E-state index contributed by atoms with van der Waals surface area (Å²) < 4.78 is 6.25. The molecule has 1 unspecified atom stereocenters. The zero-order valence-corrected chi connectivity index (χ0v) is 13.7. The Bertz CT molecular complexity index is 360. The number of hydrogen-bond acceptors (Lipinski definition) is 3. The molecule has 4 heteroatoms. The van der Waals surface area contributed by atoms with Crippen molar-refractivity contribution in [1.29, 1.82) is 0 Å². The van der Waals surface area contributed by atoms with Crippen LogP contribution in [-0.2, 0) is 0 Å². The Morgan fingerprint density at radius 2 is 2.22 bits per heavy atom. The van der Waals surface area contributed by atoms with Crippen molar-refractivity contribution in [3.63, 3.8) is 0 Å². The van der Waals surface area contributed by atoms with E-state index in [9.17, 15) is 0 Å². The van der Waals surface area contributed by atoms with Crippen LogP contribution in [0.25, 0.3) is 0 Å². The minimum atomic E-state index is 0.374. The lowest BCUT2D eigenvalue weighted by Gasteiger charge is -2.15. The van der Waals surface area contributed by atoms with Crippen molar-refractivity contribution in [1.82, 2.24) is 5.32 Å². The Balaban J connectivity index is 2.41. The molecule has 0 fully saturated rings. The highest BCUT2D eigenvalue weighted by Crippen LogP contribution is 2.27. The van der Waals surface area contributed by atoms with Gasteiger partial charge in [0, 0.05) is 6.04 Å². The molecular weight excluding hydrogens is 310 g/mol. The lowest BCUT2D eigenvalue weighted by Crippen LogP contribution is -2.20. The molecule has 0 aliphatic rings. The summed E-state index contributed by atoms with van der Waals surface area (Å²) in [6.07, 6.45) is 1.22. The maximum Gasteiger partial charge on any atom is 0.133 e. The van der Waals surface area contributed by atoms with E-state index in [-0.39, 0.29) is 0 Å². The van der Waals surface area contributed by atoms with Crippen LogP contribution in [0.2, 0.25) is 0 Å².